The lowest BCUT2D eigenvalue weighted by Crippen LogP contribution is -2.45. The summed E-state index contributed by atoms with van der Waals surface area (Å²) in [5.41, 5.74) is 3.36. The fourth-order valence-corrected chi connectivity index (χ4v) is 4.85. The first kappa shape index (κ1) is 20.5. The molecule has 170 valence electrons. The molecule has 1 atom stereocenters. The Hall–Kier alpha value is -4.11. The minimum Gasteiger partial charge on any atom is -0.454 e. The topological polar surface area (TPSA) is 89.7 Å². The number of thiophene rings is 1. The van der Waals surface area contributed by atoms with Crippen molar-refractivity contribution in [2.24, 2.45) is 0 Å². The summed E-state index contributed by atoms with van der Waals surface area (Å²) in [6.07, 6.45) is 0. The van der Waals surface area contributed by atoms with Gasteiger partial charge in [0.15, 0.2) is 11.5 Å². The molecule has 1 N–H and O–H groups in total. The van der Waals surface area contributed by atoms with Gasteiger partial charge in [-0.3, -0.25) is 4.90 Å². The molecule has 2 aromatic carbocycles. The smallest absolute Gasteiger partial charge is 0.322 e. The number of hydrogen-bond acceptors (Lipinski definition) is 7. The summed E-state index contributed by atoms with van der Waals surface area (Å²) in [4.78, 5) is 20.5. The third-order valence-electron chi connectivity index (χ3n) is 5.90. The summed E-state index contributed by atoms with van der Waals surface area (Å²) in [6, 6.07) is 18.7. The van der Waals surface area contributed by atoms with Crippen molar-refractivity contribution < 1.29 is 18.8 Å². The Kier molecular flexibility index (Phi) is 5.03. The summed E-state index contributed by atoms with van der Waals surface area (Å²) >= 11 is 1.54. The summed E-state index contributed by atoms with van der Waals surface area (Å²) in [5.74, 6) is 2.29. The quantitative estimate of drug-likeness (QED) is 0.428. The first-order chi connectivity index (χ1) is 16.7. The highest BCUT2D eigenvalue weighted by Crippen LogP contribution is 2.39. The van der Waals surface area contributed by atoms with Gasteiger partial charge in [-0.25, -0.2) is 4.79 Å². The Morgan fingerprint density at radius 1 is 1.09 bits per heavy atom. The number of benzene rings is 2. The van der Waals surface area contributed by atoms with E-state index >= 15 is 0 Å². The van der Waals surface area contributed by atoms with E-state index in [0.29, 0.717) is 29.8 Å². The van der Waals surface area contributed by atoms with E-state index in [-0.39, 0.29) is 12.8 Å². The van der Waals surface area contributed by atoms with Crippen LogP contribution in [0.3, 0.4) is 0 Å². The lowest BCUT2D eigenvalue weighted by atomic mass is 9.94. The van der Waals surface area contributed by atoms with Crippen molar-refractivity contribution in [3.63, 3.8) is 0 Å². The molecular weight excluding hydrogens is 452 g/mol. The van der Waals surface area contributed by atoms with E-state index in [9.17, 15) is 4.79 Å². The van der Waals surface area contributed by atoms with Crippen LogP contribution in [-0.4, -0.2) is 27.9 Å². The fraction of sp³-hybridized carbons (Fsp3) is 0.160. The zero-order valence-electron chi connectivity index (χ0n) is 18.2. The van der Waals surface area contributed by atoms with Gasteiger partial charge in [0, 0.05) is 5.70 Å². The molecule has 4 aromatic rings. The molecule has 34 heavy (non-hydrogen) atoms. The lowest BCUT2D eigenvalue weighted by Gasteiger charge is -2.35. The highest BCUT2D eigenvalue weighted by molar-refractivity contribution is 7.13. The van der Waals surface area contributed by atoms with Crippen LogP contribution in [0.15, 0.2) is 76.3 Å². The van der Waals surface area contributed by atoms with Crippen molar-refractivity contribution in [2.45, 2.75) is 19.5 Å². The maximum atomic E-state index is 13.3. The number of aromatic nitrogens is 2. The van der Waals surface area contributed by atoms with Gasteiger partial charge in [0.1, 0.15) is 0 Å². The van der Waals surface area contributed by atoms with Crippen molar-refractivity contribution in [3.8, 4) is 22.2 Å². The first-order valence-corrected chi connectivity index (χ1v) is 11.7. The van der Waals surface area contributed by atoms with Gasteiger partial charge >= 0.3 is 6.03 Å². The average molecular weight is 473 g/mol. The van der Waals surface area contributed by atoms with Crippen molar-refractivity contribution in [2.75, 3.05) is 6.79 Å². The van der Waals surface area contributed by atoms with Crippen LogP contribution in [0.5, 0.6) is 11.5 Å². The monoisotopic (exact) mass is 472 g/mol. The standard InChI is InChI=1S/C25H20N4O4S/c1-15-21(24-27-23(28-33-24)20-8-5-11-34-20)22(17-6-3-2-4-7-17)26-25(30)29(15)13-16-9-10-18-19(12-16)32-14-31-18/h2-12,22H,13-14H2,1H3,(H,26,30). The van der Waals surface area contributed by atoms with Gasteiger partial charge in [-0.1, -0.05) is 47.6 Å². The van der Waals surface area contributed by atoms with Crippen LogP contribution < -0.4 is 14.8 Å². The Bertz CT molecular complexity index is 1380. The average Bonchev–Trinajstić information content (AvgIpc) is 3.63. The largest absolute Gasteiger partial charge is 0.454 e. The third kappa shape index (κ3) is 3.60. The molecule has 0 radical (unpaired) electrons. The number of amides is 2. The second kappa shape index (κ2) is 8.35. The van der Waals surface area contributed by atoms with Crippen LogP contribution in [0, 0.1) is 0 Å². The van der Waals surface area contributed by atoms with Gasteiger partial charge < -0.3 is 19.3 Å². The molecule has 0 saturated heterocycles. The minimum absolute atomic E-state index is 0.203. The number of ether oxygens (including phenoxy) is 2. The molecule has 2 aromatic heterocycles. The van der Waals surface area contributed by atoms with Gasteiger partial charge in [-0.15, -0.1) is 11.3 Å². The number of nitrogens with zero attached hydrogens (tertiary/aromatic N) is 3. The maximum Gasteiger partial charge on any atom is 0.322 e. The number of carbonyl (C=O) groups is 1. The number of hydrogen-bond donors (Lipinski definition) is 1. The minimum atomic E-state index is -0.418. The van der Waals surface area contributed by atoms with E-state index in [0.717, 1.165) is 27.3 Å². The highest BCUT2D eigenvalue weighted by atomic mass is 32.1. The molecule has 1 unspecified atom stereocenters. The van der Waals surface area contributed by atoms with E-state index in [2.05, 4.69) is 15.5 Å². The van der Waals surface area contributed by atoms with E-state index < -0.39 is 6.04 Å². The molecule has 2 amide bonds. The first-order valence-electron chi connectivity index (χ1n) is 10.8. The molecule has 0 aliphatic carbocycles. The number of nitrogens with one attached hydrogen (secondary N) is 1. The Morgan fingerprint density at radius 3 is 2.76 bits per heavy atom. The molecule has 4 heterocycles. The number of fused-ring (bicyclic) bond motifs is 1. The number of rotatable bonds is 5. The molecule has 6 rings (SSSR count). The van der Waals surface area contributed by atoms with E-state index in [4.69, 9.17) is 14.0 Å². The van der Waals surface area contributed by atoms with Gasteiger partial charge in [0.2, 0.25) is 12.6 Å². The molecular formula is C25H20N4O4S. The van der Waals surface area contributed by atoms with Crippen LogP contribution >= 0.6 is 11.3 Å². The van der Waals surface area contributed by atoms with Gasteiger partial charge in [0.25, 0.3) is 5.89 Å². The van der Waals surface area contributed by atoms with Crippen molar-refractivity contribution in [3.05, 3.63) is 88.8 Å². The Balaban J connectivity index is 1.42. The summed E-state index contributed by atoms with van der Waals surface area (Å²) in [6.45, 7) is 2.46. The van der Waals surface area contributed by atoms with E-state index in [1.807, 2.05) is 73.0 Å². The van der Waals surface area contributed by atoms with Crippen LogP contribution in [-0.2, 0) is 6.54 Å². The highest BCUT2D eigenvalue weighted by Gasteiger charge is 2.36. The summed E-state index contributed by atoms with van der Waals surface area (Å²) < 4.78 is 16.6. The lowest BCUT2D eigenvalue weighted by molar-refractivity contribution is 0.174. The van der Waals surface area contributed by atoms with Crippen molar-refractivity contribution in [1.82, 2.24) is 20.4 Å². The van der Waals surface area contributed by atoms with Crippen LogP contribution in [0.2, 0.25) is 0 Å². The molecule has 2 aliphatic rings. The molecule has 9 heteroatoms. The van der Waals surface area contributed by atoms with Gasteiger partial charge in [0.05, 0.1) is 23.0 Å². The second-order valence-electron chi connectivity index (χ2n) is 7.97. The number of urea groups is 1. The summed E-state index contributed by atoms with van der Waals surface area (Å²) in [5, 5.41) is 9.29. The van der Waals surface area contributed by atoms with Crippen LogP contribution in [0.25, 0.3) is 16.3 Å². The molecule has 0 fully saturated rings. The summed E-state index contributed by atoms with van der Waals surface area (Å²) in [7, 11) is 0. The second-order valence-corrected chi connectivity index (χ2v) is 8.91. The fourth-order valence-electron chi connectivity index (χ4n) is 4.20. The van der Waals surface area contributed by atoms with Crippen LogP contribution in [0.1, 0.15) is 30.0 Å². The molecule has 0 spiro atoms. The van der Waals surface area contributed by atoms with Gasteiger partial charge in [-0.05, 0) is 41.6 Å². The Labute approximate surface area is 199 Å². The molecule has 2 aliphatic heterocycles. The molecule has 0 saturated carbocycles. The number of allylic oxidation sites excluding steroid dienone is 1. The van der Waals surface area contributed by atoms with Crippen molar-refractivity contribution >= 4 is 22.9 Å². The van der Waals surface area contributed by atoms with Crippen LogP contribution in [0.4, 0.5) is 4.79 Å². The van der Waals surface area contributed by atoms with Crippen molar-refractivity contribution in [1.29, 1.82) is 0 Å². The maximum absolute atomic E-state index is 13.3. The van der Waals surface area contributed by atoms with Gasteiger partial charge in [-0.2, -0.15) is 4.98 Å². The zero-order chi connectivity index (χ0) is 23.1. The zero-order valence-corrected chi connectivity index (χ0v) is 19.0. The predicted molar refractivity (Wildman–Crippen MR) is 126 cm³/mol. The number of carbonyl (C=O) groups excluding carboxylic acids is 1. The Morgan fingerprint density at radius 2 is 1.94 bits per heavy atom. The predicted octanol–water partition coefficient (Wildman–Crippen LogP) is 5.22. The normalized spacial score (nSPS) is 17.3. The molecule has 0 bridgehead atoms. The van der Waals surface area contributed by atoms with E-state index in [1.165, 1.54) is 0 Å². The third-order valence-corrected chi connectivity index (χ3v) is 6.77. The SMILES string of the molecule is CC1=C(c2nc(-c3cccs3)no2)C(c2ccccc2)NC(=O)N1Cc1ccc2c(c1)OCO2. The van der Waals surface area contributed by atoms with E-state index in [1.54, 1.807) is 16.2 Å². The molecule has 8 nitrogen and oxygen atoms in total.